The number of hydrogen-bond acceptors (Lipinski definition) is 3. The third-order valence-corrected chi connectivity index (χ3v) is 2.67. The molecule has 82 valence electrons. The van der Waals surface area contributed by atoms with E-state index in [4.69, 9.17) is 4.74 Å². The van der Waals surface area contributed by atoms with Crippen molar-refractivity contribution in [2.75, 3.05) is 11.9 Å². The minimum absolute atomic E-state index is 0.112. The first-order valence-electron chi connectivity index (χ1n) is 4.74. The van der Waals surface area contributed by atoms with Crippen molar-refractivity contribution in [2.45, 2.75) is 18.2 Å². The van der Waals surface area contributed by atoms with E-state index in [1.54, 1.807) is 18.2 Å². The maximum Gasteiger partial charge on any atom is 0.163 e. The molecule has 1 aromatic rings. The predicted octanol–water partition coefficient (Wildman–Crippen LogP) is 3.34. The van der Waals surface area contributed by atoms with Gasteiger partial charge >= 0.3 is 0 Å². The van der Waals surface area contributed by atoms with E-state index in [1.165, 1.54) is 0 Å². The largest absolute Gasteiger partial charge is 0.493 e. The van der Waals surface area contributed by atoms with Crippen molar-refractivity contribution in [1.82, 2.24) is 0 Å². The minimum atomic E-state index is 0.112. The van der Waals surface area contributed by atoms with Gasteiger partial charge in [-0.05, 0) is 19.1 Å². The van der Waals surface area contributed by atoms with Crippen molar-refractivity contribution in [3.05, 3.63) is 23.8 Å². The molecule has 2 nitrogen and oxygen atoms in total. The number of thiol groups is 1. The van der Waals surface area contributed by atoms with Gasteiger partial charge in [-0.3, -0.25) is 4.79 Å². The summed E-state index contributed by atoms with van der Waals surface area (Å²) in [6.45, 7) is 2.48. The molecule has 0 N–H and O–H groups in total. The van der Waals surface area contributed by atoms with Crippen LogP contribution in [0.3, 0.4) is 0 Å². The van der Waals surface area contributed by atoms with Crippen molar-refractivity contribution in [1.29, 1.82) is 0 Å². The molecule has 0 atom stereocenters. The predicted molar refractivity (Wildman–Crippen MR) is 67.6 cm³/mol. The van der Waals surface area contributed by atoms with Crippen LogP contribution in [0.25, 0.3) is 0 Å². The molecule has 0 saturated heterocycles. The van der Waals surface area contributed by atoms with Crippen LogP contribution in [0.1, 0.15) is 23.7 Å². The van der Waals surface area contributed by atoms with Crippen LogP contribution >= 0.6 is 28.6 Å². The summed E-state index contributed by atoms with van der Waals surface area (Å²) in [5.41, 5.74) is 0.677. The highest BCUT2D eigenvalue weighted by atomic mass is 79.9. The molecule has 1 rings (SSSR count). The van der Waals surface area contributed by atoms with Crippen LogP contribution < -0.4 is 4.74 Å². The minimum Gasteiger partial charge on any atom is -0.493 e. The Hall–Kier alpha value is -0.480. The molecular weight excluding hydrogens is 276 g/mol. The van der Waals surface area contributed by atoms with Gasteiger partial charge in [0.05, 0.1) is 6.61 Å². The van der Waals surface area contributed by atoms with E-state index in [2.05, 4.69) is 28.6 Å². The zero-order valence-corrected chi connectivity index (χ0v) is 11.0. The molecule has 0 bridgehead atoms. The molecule has 0 amide bonds. The van der Waals surface area contributed by atoms with Gasteiger partial charge in [0, 0.05) is 22.2 Å². The Morgan fingerprint density at radius 2 is 2.27 bits per heavy atom. The molecular formula is C11H13BrO2S. The number of carbonyl (C=O) groups excluding carboxylic acids is 1. The summed E-state index contributed by atoms with van der Waals surface area (Å²) in [4.78, 5) is 12.4. The molecule has 0 heterocycles. The Morgan fingerprint density at radius 1 is 1.53 bits per heavy atom. The monoisotopic (exact) mass is 288 g/mol. The zero-order chi connectivity index (χ0) is 11.3. The maximum absolute atomic E-state index is 11.6. The van der Waals surface area contributed by atoms with E-state index in [9.17, 15) is 4.79 Å². The fraction of sp³-hybridized carbons (Fsp3) is 0.364. The van der Waals surface area contributed by atoms with Crippen LogP contribution in [0.15, 0.2) is 23.1 Å². The third-order valence-electron chi connectivity index (χ3n) is 1.90. The molecule has 0 unspecified atom stereocenters. The number of ether oxygens (including phenoxy) is 1. The zero-order valence-electron chi connectivity index (χ0n) is 8.50. The smallest absolute Gasteiger partial charge is 0.163 e. The number of carbonyl (C=O) groups is 1. The summed E-state index contributed by atoms with van der Waals surface area (Å²) >= 11 is 7.50. The molecule has 4 heteroatoms. The Balaban J connectivity index is 2.91. The Labute approximate surface area is 104 Å². The molecule has 0 aliphatic carbocycles. The van der Waals surface area contributed by atoms with Crippen LogP contribution in [-0.4, -0.2) is 17.7 Å². The van der Waals surface area contributed by atoms with E-state index in [0.717, 1.165) is 4.90 Å². The summed E-state index contributed by atoms with van der Waals surface area (Å²) in [7, 11) is 0. The number of alkyl halides is 1. The van der Waals surface area contributed by atoms with E-state index >= 15 is 0 Å². The van der Waals surface area contributed by atoms with E-state index in [0.29, 0.717) is 29.7 Å². The number of benzene rings is 1. The first-order valence-corrected chi connectivity index (χ1v) is 6.31. The third kappa shape index (κ3) is 3.54. The van der Waals surface area contributed by atoms with E-state index < -0.39 is 0 Å². The van der Waals surface area contributed by atoms with Crippen LogP contribution in [0, 0.1) is 0 Å². The van der Waals surface area contributed by atoms with Crippen molar-refractivity contribution in [3.63, 3.8) is 0 Å². The van der Waals surface area contributed by atoms with Gasteiger partial charge in [0.25, 0.3) is 0 Å². The van der Waals surface area contributed by atoms with Gasteiger partial charge < -0.3 is 4.74 Å². The molecule has 0 radical (unpaired) electrons. The quantitative estimate of drug-likeness (QED) is 0.511. The average Bonchev–Trinajstić information content (AvgIpc) is 2.22. The Bertz CT molecular complexity index is 352. The van der Waals surface area contributed by atoms with Gasteiger partial charge in [-0.15, -0.1) is 12.6 Å². The number of ketones is 1. The molecule has 0 aliphatic rings. The lowest BCUT2D eigenvalue weighted by atomic mass is 10.1. The summed E-state index contributed by atoms with van der Waals surface area (Å²) in [5.74, 6) is 0.780. The summed E-state index contributed by atoms with van der Waals surface area (Å²) in [5, 5.41) is 0.679. The van der Waals surface area contributed by atoms with Crippen LogP contribution in [0.2, 0.25) is 0 Å². The summed E-state index contributed by atoms with van der Waals surface area (Å²) in [6.07, 6.45) is 0.498. The summed E-state index contributed by atoms with van der Waals surface area (Å²) < 4.78 is 5.37. The standard InChI is InChI=1S/C11H13BrO2S/c1-2-14-10-7-8(3-4-11(10)15)9(13)5-6-12/h3-4,7,15H,2,5-6H2,1H3. The van der Waals surface area contributed by atoms with Crippen molar-refractivity contribution >= 4 is 34.3 Å². The van der Waals surface area contributed by atoms with Crippen LogP contribution in [0.4, 0.5) is 0 Å². The molecule has 0 spiro atoms. The molecule has 0 aliphatic heterocycles. The fourth-order valence-electron chi connectivity index (χ4n) is 1.19. The second-order valence-corrected chi connectivity index (χ2v) is 4.25. The topological polar surface area (TPSA) is 26.3 Å². The molecule has 1 aromatic carbocycles. The van der Waals surface area contributed by atoms with Crippen LogP contribution in [-0.2, 0) is 0 Å². The van der Waals surface area contributed by atoms with Gasteiger partial charge in [0.1, 0.15) is 5.75 Å². The molecule has 0 saturated carbocycles. The van der Waals surface area contributed by atoms with Gasteiger partial charge in [-0.25, -0.2) is 0 Å². The van der Waals surface area contributed by atoms with Crippen molar-refractivity contribution in [3.8, 4) is 5.75 Å². The average molecular weight is 289 g/mol. The first kappa shape index (κ1) is 12.6. The highest BCUT2D eigenvalue weighted by Crippen LogP contribution is 2.24. The highest BCUT2D eigenvalue weighted by Gasteiger charge is 2.08. The molecule has 15 heavy (non-hydrogen) atoms. The van der Waals surface area contributed by atoms with E-state index in [-0.39, 0.29) is 5.78 Å². The maximum atomic E-state index is 11.6. The lowest BCUT2D eigenvalue weighted by Crippen LogP contribution is -2.01. The fourth-order valence-corrected chi connectivity index (χ4v) is 1.75. The lowest BCUT2D eigenvalue weighted by Gasteiger charge is -2.07. The summed E-state index contributed by atoms with van der Waals surface area (Å²) in [6, 6.07) is 5.31. The Morgan fingerprint density at radius 3 is 2.87 bits per heavy atom. The normalized spacial score (nSPS) is 10.1. The Kier molecular flexibility index (Phi) is 5.19. The van der Waals surface area contributed by atoms with Crippen LogP contribution in [0.5, 0.6) is 5.75 Å². The number of rotatable bonds is 5. The SMILES string of the molecule is CCOc1cc(C(=O)CCBr)ccc1S. The van der Waals surface area contributed by atoms with Crippen molar-refractivity contribution in [2.24, 2.45) is 0 Å². The van der Waals surface area contributed by atoms with Gasteiger partial charge in [0.15, 0.2) is 5.78 Å². The van der Waals surface area contributed by atoms with Crippen molar-refractivity contribution < 1.29 is 9.53 Å². The number of Topliss-reactive ketones (excluding diaryl/α,β-unsaturated/α-hetero) is 1. The number of hydrogen-bond donors (Lipinski definition) is 1. The second-order valence-electron chi connectivity index (χ2n) is 2.98. The number of halogens is 1. The van der Waals surface area contributed by atoms with Gasteiger partial charge in [-0.1, -0.05) is 22.0 Å². The highest BCUT2D eigenvalue weighted by molar-refractivity contribution is 9.09. The van der Waals surface area contributed by atoms with Gasteiger partial charge in [0.2, 0.25) is 0 Å². The second kappa shape index (κ2) is 6.18. The molecule has 0 fully saturated rings. The molecule has 0 aromatic heterocycles. The van der Waals surface area contributed by atoms with Gasteiger partial charge in [-0.2, -0.15) is 0 Å². The van der Waals surface area contributed by atoms with E-state index in [1.807, 2.05) is 6.92 Å². The first-order chi connectivity index (χ1) is 7.19. The lowest BCUT2D eigenvalue weighted by molar-refractivity contribution is 0.0989.